The van der Waals surface area contributed by atoms with E-state index in [0.29, 0.717) is 0 Å². The van der Waals surface area contributed by atoms with Crippen molar-refractivity contribution in [3.63, 3.8) is 0 Å². The summed E-state index contributed by atoms with van der Waals surface area (Å²) in [6, 6.07) is 0. The monoisotopic (exact) mass is 260 g/mol. The molecule has 0 saturated carbocycles. The Labute approximate surface area is 72.2 Å². The van der Waals surface area contributed by atoms with Gasteiger partial charge in [0.1, 0.15) is 0 Å². The molecule has 58 valence electrons. The molecule has 0 nitrogen and oxygen atoms in total. The Bertz CT molecular complexity index is 81.6. The Morgan fingerprint density at radius 3 is 1.78 bits per heavy atom. The van der Waals surface area contributed by atoms with Crippen molar-refractivity contribution in [1.82, 2.24) is 0 Å². The molecule has 0 unspecified atom stereocenters. The van der Waals surface area contributed by atoms with Gasteiger partial charge in [-0.3, -0.25) is 0 Å². The zero-order valence-corrected chi connectivity index (χ0v) is 10.00. The molecule has 0 aromatic heterocycles. The van der Waals surface area contributed by atoms with Gasteiger partial charge >= 0.3 is 72.2 Å². The van der Waals surface area contributed by atoms with E-state index in [1.54, 1.807) is 0 Å². The Morgan fingerprint density at radius 2 is 1.67 bits per heavy atom. The quantitative estimate of drug-likeness (QED) is 0.537. The van der Waals surface area contributed by atoms with Crippen LogP contribution < -0.4 is 0 Å². The maximum absolute atomic E-state index is 2.66. The fourth-order valence-corrected chi connectivity index (χ4v) is 3.10. The molecule has 9 heavy (non-hydrogen) atoms. The third-order valence-corrected chi connectivity index (χ3v) is 4.54. The number of hydrogen-bond acceptors (Lipinski definition) is 0. The molecule has 0 fully saturated rings. The van der Waals surface area contributed by atoms with Crippen molar-refractivity contribution < 1.29 is 0 Å². The van der Waals surface area contributed by atoms with E-state index in [4.69, 9.17) is 0 Å². The first-order valence-corrected chi connectivity index (χ1v) is 10.1. The van der Waals surface area contributed by atoms with E-state index in [1.807, 2.05) is 0 Å². The Hall–Kier alpha value is 1.16. The Morgan fingerprint density at radius 1 is 1.22 bits per heavy atom. The normalized spacial score (nSPS) is 16.8. The summed E-state index contributed by atoms with van der Waals surface area (Å²) in [6.07, 6.45) is 4.20. The van der Waals surface area contributed by atoms with Crippen LogP contribution in [0.5, 0.6) is 0 Å². The number of unbranched alkanes of at least 4 members (excludes halogenated alkanes) is 1. The van der Waals surface area contributed by atoms with Crippen molar-refractivity contribution in [2.24, 2.45) is 0 Å². The average Bonchev–Trinajstić information content (AvgIpc) is 1.57. The molecular weight excluding hydrogens is 242 g/mol. The molecule has 0 spiro atoms. The molecule has 0 amide bonds. The SMILES string of the molecule is CCCCP(C)(C)(C)I. The summed E-state index contributed by atoms with van der Waals surface area (Å²) in [4.78, 5) is 0. The molecule has 0 aliphatic heterocycles. The molecule has 0 bridgehead atoms. The summed E-state index contributed by atoms with van der Waals surface area (Å²) in [7, 11) is 0. The van der Waals surface area contributed by atoms with E-state index in [0.717, 1.165) is 0 Å². The van der Waals surface area contributed by atoms with Gasteiger partial charge in [-0.05, 0) is 0 Å². The standard InChI is InChI=1S/C7H18IP/c1-5-6-7-9(2,3,4)8/h5-7H2,1-4H3. The van der Waals surface area contributed by atoms with Gasteiger partial charge in [0.2, 0.25) is 0 Å². The van der Waals surface area contributed by atoms with E-state index in [9.17, 15) is 0 Å². The van der Waals surface area contributed by atoms with E-state index in [-0.39, 0.29) is 0 Å². The molecule has 0 radical (unpaired) electrons. The summed E-state index contributed by atoms with van der Waals surface area (Å²) in [5.74, 6) is 0. The molecular formula is C7H18IP. The van der Waals surface area contributed by atoms with Crippen LogP contribution in [0.15, 0.2) is 0 Å². The molecule has 2 heteroatoms. The van der Waals surface area contributed by atoms with E-state index >= 15 is 0 Å². The van der Waals surface area contributed by atoms with Crippen LogP contribution in [-0.2, 0) is 0 Å². The van der Waals surface area contributed by atoms with Crippen molar-refractivity contribution >= 4 is 26.3 Å². The van der Waals surface area contributed by atoms with Gasteiger partial charge in [-0.25, -0.2) is 0 Å². The third kappa shape index (κ3) is 9.16. The van der Waals surface area contributed by atoms with Crippen molar-refractivity contribution in [3.8, 4) is 0 Å². The van der Waals surface area contributed by atoms with Crippen LogP contribution >= 0.6 is 26.3 Å². The predicted molar refractivity (Wildman–Crippen MR) is 58.5 cm³/mol. The minimum atomic E-state index is -1.16. The summed E-state index contributed by atoms with van der Waals surface area (Å²) in [6.45, 7) is 9.56. The van der Waals surface area contributed by atoms with E-state index in [1.165, 1.54) is 19.0 Å². The van der Waals surface area contributed by atoms with Gasteiger partial charge in [0.05, 0.1) is 0 Å². The summed E-state index contributed by atoms with van der Waals surface area (Å²) in [5, 5.41) is 0. The fourth-order valence-electron chi connectivity index (χ4n) is 0.692. The average molecular weight is 260 g/mol. The van der Waals surface area contributed by atoms with Gasteiger partial charge in [-0.2, -0.15) is 0 Å². The van der Waals surface area contributed by atoms with Crippen LogP contribution in [-0.4, -0.2) is 26.2 Å². The topological polar surface area (TPSA) is 0 Å². The van der Waals surface area contributed by atoms with Gasteiger partial charge in [0, 0.05) is 0 Å². The molecule has 0 saturated heterocycles. The van der Waals surface area contributed by atoms with Crippen molar-refractivity contribution in [2.45, 2.75) is 19.8 Å². The Balaban J connectivity index is 3.60. The second kappa shape index (κ2) is 3.04. The minimum absolute atomic E-state index is 1.16. The van der Waals surface area contributed by atoms with Gasteiger partial charge in [0.15, 0.2) is 0 Å². The molecule has 0 atom stereocenters. The molecule has 0 aliphatic carbocycles. The maximum atomic E-state index is 2.66. The number of halogens is 1. The van der Waals surface area contributed by atoms with Gasteiger partial charge in [0.25, 0.3) is 0 Å². The predicted octanol–water partition coefficient (Wildman–Crippen LogP) is 3.58. The van der Waals surface area contributed by atoms with Crippen LogP contribution in [0.2, 0.25) is 0 Å². The first-order valence-electron chi connectivity index (χ1n) is 3.53. The molecule has 0 aromatic carbocycles. The van der Waals surface area contributed by atoms with Crippen molar-refractivity contribution in [1.29, 1.82) is 0 Å². The Kier molecular flexibility index (Phi) is 3.43. The van der Waals surface area contributed by atoms with E-state index < -0.39 is 4.25 Å². The summed E-state index contributed by atoms with van der Waals surface area (Å²) in [5.41, 5.74) is 0. The molecule has 0 aliphatic rings. The first-order chi connectivity index (χ1) is 3.81. The van der Waals surface area contributed by atoms with Crippen LogP contribution in [0.1, 0.15) is 19.8 Å². The first kappa shape index (κ1) is 10.2. The van der Waals surface area contributed by atoms with Gasteiger partial charge < -0.3 is 0 Å². The van der Waals surface area contributed by atoms with Gasteiger partial charge in [-0.1, -0.05) is 0 Å². The molecule has 0 aromatic rings. The van der Waals surface area contributed by atoms with Crippen molar-refractivity contribution in [2.75, 3.05) is 26.2 Å². The number of hydrogen-bond donors (Lipinski definition) is 0. The van der Waals surface area contributed by atoms with Crippen LogP contribution in [0, 0.1) is 0 Å². The van der Waals surface area contributed by atoms with Crippen LogP contribution in [0.25, 0.3) is 0 Å². The van der Waals surface area contributed by atoms with Crippen LogP contribution in [0.4, 0.5) is 0 Å². The molecule has 0 heterocycles. The third-order valence-electron chi connectivity index (χ3n) is 1.27. The fraction of sp³-hybridized carbons (Fsp3) is 1.00. The zero-order chi connectivity index (χ0) is 7.57. The van der Waals surface area contributed by atoms with Crippen molar-refractivity contribution in [3.05, 3.63) is 0 Å². The summed E-state index contributed by atoms with van der Waals surface area (Å²) < 4.78 is -1.16. The zero-order valence-electron chi connectivity index (χ0n) is 6.95. The van der Waals surface area contributed by atoms with Gasteiger partial charge in [-0.15, -0.1) is 0 Å². The second-order valence-corrected chi connectivity index (χ2v) is 21.0. The number of rotatable bonds is 3. The molecule has 0 rings (SSSR count). The molecule has 0 N–H and O–H groups in total. The summed E-state index contributed by atoms with van der Waals surface area (Å²) >= 11 is 2.66. The van der Waals surface area contributed by atoms with E-state index in [2.05, 4.69) is 49.0 Å². The second-order valence-electron chi connectivity index (χ2n) is 3.99. The van der Waals surface area contributed by atoms with Crippen LogP contribution in [0.3, 0.4) is 0 Å².